The Balaban J connectivity index is 1.80. The van der Waals surface area contributed by atoms with Crippen molar-refractivity contribution in [1.29, 1.82) is 0 Å². The third kappa shape index (κ3) is 2.41. The fourth-order valence-corrected chi connectivity index (χ4v) is 4.67. The van der Waals surface area contributed by atoms with Crippen LogP contribution in [-0.4, -0.2) is 35.7 Å². The van der Waals surface area contributed by atoms with E-state index in [9.17, 15) is 9.59 Å². The molecule has 2 aliphatic carbocycles. The van der Waals surface area contributed by atoms with Gasteiger partial charge in [0.15, 0.2) is 17.3 Å². The lowest BCUT2D eigenvalue weighted by Gasteiger charge is -2.53. The van der Waals surface area contributed by atoms with Gasteiger partial charge in [0.2, 0.25) is 0 Å². The Morgan fingerprint density at radius 1 is 1.21 bits per heavy atom. The van der Waals surface area contributed by atoms with Crippen molar-refractivity contribution in [2.24, 2.45) is 10.8 Å². The number of rotatable bonds is 4. The highest BCUT2D eigenvalue weighted by Gasteiger charge is 2.65. The SMILES string of the molecule is CN(C)[C@H]1c2onc(OCc3ccccc3)c2C(=O)[C@@]2(C)C(=O)C=CC[C@@]12C. The van der Waals surface area contributed by atoms with Crippen molar-refractivity contribution < 1.29 is 18.8 Å². The second-order valence-electron chi connectivity index (χ2n) is 8.21. The van der Waals surface area contributed by atoms with Gasteiger partial charge in [-0.3, -0.25) is 14.5 Å². The van der Waals surface area contributed by atoms with Gasteiger partial charge in [0, 0.05) is 5.41 Å². The fourth-order valence-electron chi connectivity index (χ4n) is 4.67. The number of ether oxygens (including phenoxy) is 1. The molecule has 0 spiro atoms. The van der Waals surface area contributed by atoms with Crippen LogP contribution >= 0.6 is 0 Å². The first kappa shape index (κ1) is 18.6. The third-order valence-electron chi connectivity index (χ3n) is 6.40. The summed E-state index contributed by atoms with van der Waals surface area (Å²) in [4.78, 5) is 28.5. The largest absolute Gasteiger partial charge is 0.470 e. The summed E-state index contributed by atoms with van der Waals surface area (Å²) in [5, 5.41) is 4.06. The number of carbonyl (C=O) groups excluding carboxylic acids is 2. The molecule has 1 aromatic heterocycles. The topological polar surface area (TPSA) is 72.6 Å². The lowest BCUT2D eigenvalue weighted by Crippen LogP contribution is -2.58. The number of fused-ring (bicyclic) bond motifs is 2. The number of allylic oxidation sites excluding steroid dienone is 2. The Morgan fingerprint density at radius 2 is 1.93 bits per heavy atom. The number of hydrogen-bond donors (Lipinski definition) is 0. The molecule has 0 bridgehead atoms. The number of Topliss-reactive ketones (excluding diaryl/α,β-unsaturated/α-hetero) is 1. The molecule has 28 heavy (non-hydrogen) atoms. The molecule has 4 rings (SSSR count). The van der Waals surface area contributed by atoms with Crippen molar-refractivity contribution in [1.82, 2.24) is 10.1 Å². The molecule has 2 aromatic rings. The molecule has 0 radical (unpaired) electrons. The molecular weight excluding hydrogens is 356 g/mol. The number of hydrogen-bond acceptors (Lipinski definition) is 6. The van der Waals surface area contributed by atoms with Gasteiger partial charge in [-0.1, -0.05) is 43.3 Å². The molecule has 0 saturated carbocycles. The van der Waals surface area contributed by atoms with Crippen LogP contribution < -0.4 is 4.74 Å². The molecule has 146 valence electrons. The average Bonchev–Trinajstić information content (AvgIpc) is 3.07. The smallest absolute Gasteiger partial charge is 0.265 e. The molecule has 3 atom stereocenters. The van der Waals surface area contributed by atoms with E-state index in [1.807, 2.05) is 62.3 Å². The second-order valence-corrected chi connectivity index (χ2v) is 8.21. The molecular formula is C22H24N2O4. The average molecular weight is 380 g/mol. The molecule has 1 heterocycles. The van der Waals surface area contributed by atoms with Gasteiger partial charge in [0.05, 0.1) is 6.04 Å². The highest BCUT2D eigenvalue weighted by molar-refractivity contribution is 6.20. The molecule has 0 unspecified atom stereocenters. The molecule has 0 saturated heterocycles. The number of carbonyl (C=O) groups is 2. The third-order valence-corrected chi connectivity index (χ3v) is 6.40. The van der Waals surface area contributed by atoms with Crippen LogP contribution in [0.5, 0.6) is 5.88 Å². The standard InChI is InChI=1S/C22H24N2O4/c1-21-12-8-11-15(25)22(21,2)19(26)16-17(18(21)24(3)4)28-23-20(16)27-13-14-9-6-5-7-10-14/h5-11,18H,12-13H2,1-4H3/t18-,21-,22+/m0/s1. The predicted molar refractivity (Wildman–Crippen MR) is 103 cm³/mol. The summed E-state index contributed by atoms with van der Waals surface area (Å²) in [6.07, 6.45) is 3.97. The molecule has 0 fully saturated rings. The van der Waals surface area contributed by atoms with E-state index < -0.39 is 10.8 Å². The summed E-state index contributed by atoms with van der Waals surface area (Å²) in [5.41, 5.74) is -0.583. The predicted octanol–water partition coefficient (Wildman–Crippen LogP) is 3.59. The molecule has 6 nitrogen and oxygen atoms in total. The van der Waals surface area contributed by atoms with Crippen molar-refractivity contribution in [3.05, 3.63) is 59.4 Å². The van der Waals surface area contributed by atoms with Crippen LogP contribution in [0.4, 0.5) is 0 Å². The van der Waals surface area contributed by atoms with E-state index in [-0.39, 0.29) is 30.1 Å². The first-order valence-corrected chi connectivity index (χ1v) is 9.39. The van der Waals surface area contributed by atoms with Crippen LogP contribution in [0.3, 0.4) is 0 Å². The fraction of sp³-hybridized carbons (Fsp3) is 0.409. The van der Waals surface area contributed by atoms with Gasteiger partial charge in [-0.05, 0) is 44.2 Å². The maximum absolute atomic E-state index is 13.6. The number of benzene rings is 1. The van der Waals surface area contributed by atoms with Crippen molar-refractivity contribution in [3.8, 4) is 5.88 Å². The summed E-state index contributed by atoms with van der Waals surface area (Å²) in [7, 11) is 3.84. The van der Waals surface area contributed by atoms with Crippen LogP contribution in [0.1, 0.15) is 48.0 Å². The Hall–Kier alpha value is -2.73. The number of nitrogens with zero attached hydrogens (tertiary/aromatic N) is 2. The summed E-state index contributed by atoms with van der Waals surface area (Å²) < 4.78 is 11.5. The van der Waals surface area contributed by atoms with Crippen molar-refractivity contribution in [3.63, 3.8) is 0 Å². The molecule has 1 aromatic carbocycles. The van der Waals surface area contributed by atoms with Gasteiger partial charge in [0.25, 0.3) is 5.88 Å². The van der Waals surface area contributed by atoms with E-state index in [0.29, 0.717) is 17.7 Å². The lowest BCUT2D eigenvalue weighted by atomic mass is 9.50. The highest BCUT2D eigenvalue weighted by Crippen LogP contribution is 2.61. The van der Waals surface area contributed by atoms with E-state index in [4.69, 9.17) is 9.26 Å². The van der Waals surface area contributed by atoms with Crippen LogP contribution in [0.25, 0.3) is 0 Å². The Morgan fingerprint density at radius 3 is 2.61 bits per heavy atom. The van der Waals surface area contributed by atoms with Gasteiger partial charge >= 0.3 is 0 Å². The van der Waals surface area contributed by atoms with Gasteiger partial charge in [0.1, 0.15) is 17.6 Å². The minimum absolute atomic E-state index is 0.154. The first-order valence-electron chi connectivity index (χ1n) is 9.39. The number of aromatic nitrogens is 1. The summed E-state index contributed by atoms with van der Waals surface area (Å²) in [6, 6.07) is 9.36. The van der Waals surface area contributed by atoms with Crippen molar-refractivity contribution in [2.75, 3.05) is 14.1 Å². The number of ketones is 2. The zero-order valence-electron chi connectivity index (χ0n) is 16.6. The first-order chi connectivity index (χ1) is 13.3. The van der Waals surface area contributed by atoms with E-state index in [2.05, 4.69) is 5.16 Å². The Labute approximate surface area is 164 Å². The summed E-state index contributed by atoms with van der Waals surface area (Å²) in [5.74, 6) is 0.170. The maximum Gasteiger partial charge on any atom is 0.265 e. The monoisotopic (exact) mass is 380 g/mol. The second kappa shape index (κ2) is 6.41. The molecule has 6 heteroatoms. The van der Waals surface area contributed by atoms with Gasteiger partial charge in [-0.2, -0.15) is 0 Å². The zero-order valence-corrected chi connectivity index (χ0v) is 16.6. The lowest BCUT2D eigenvalue weighted by molar-refractivity contribution is -0.132. The van der Waals surface area contributed by atoms with Crippen LogP contribution in [0.15, 0.2) is 47.0 Å². The van der Waals surface area contributed by atoms with E-state index in [0.717, 1.165) is 5.56 Å². The summed E-state index contributed by atoms with van der Waals surface area (Å²) in [6.45, 7) is 3.99. The van der Waals surface area contributed by atoms with Crippen molar-refractivity contribution in [2.45, 2.75) is 32.9 Å². The minimum Gasteiger partial charge on any atom is -0.470 e. The van der Waals surface area contributed by atoms with Crippen LogP contribution in [0, 0.1) is 10.8 Å². The quantitative estimate of drug-likeness (QED) is 0.755. The molecule has 0 amide bonds. The maximum atomic E-state index is 13.6. The minimum atomic E-state index is -1.19. The van der Waals surface area contributed by atoms with E-state index in [1.165, 1.54) is 6.08 Å². The Kier molecular flexibility index (Phi) is 4.27. The van der Waals surface area contributed by atoms with Crippen LogP contribution in [-0.2, 0) is 11.4 Å². The van der Waals surface area contributed by atoms with Crippen LogP contribution in [0.2, 0.25) is 0 Å². The van der Waals surface area contributed by atoms with Gasteiger partial charge < -0.3 is 9.26 Å². The van der Waals surface area contributed by atoms with Gasteiger partial charge in [-0.15, -0.1) is 0 Å². The van der Waals surface area contributed by atoms with E-state index in [1.54, 1.807) is 6.92 Å². The van der Waals surface area contributed by atoms with Crippen molar-refractivity contribution >= 4 is 11.6 Å². The molecule has 0 N–H and O–H groups in total. The zero-order chi connectivity index (χ0) is 20.1. The van der Waals surface area contributed by atoms with Gasteiger partial charge in [-0.25, -0.2) is 0 Å². The Bertz CT molecular complexity index is 962. The summed E-state index contributed by atoms with van der Waals surface area (Å²) >= 11 is 0. The molecule has 0 aliphatic heterocycles. The van der Waals surface area contributed by atoms with E-state index >= 15 is 0 Å². The normalized spacial score (nSPS) is 29.0. The molecule has 2 aliphatic rings. The highest BCUT2D eigenvalue weighted by atomic mass is 16.5.